The second kappa shape index (κ2) is 5.64. The highest BCUT2D eigenvalue weighted by Crippen LogP contribution is 2.41. The average molecular weight is 341 g/mol. The molecule has 0 radical (unpaired) electrons. The molecule has 4 nitrogen and oxygen atoms in total. The molecule has 3 rings (SSSR count). The largest absolute Gasteiger partial charge is 0.444 e. The van der Waals surface area contributed by atoms with E-state index in [4.69, 9.17) is 16.3 Å². The summed E-state index contributed by atoms with van der Waals surface area (Å²) >= 11 is 6.06. The first-order valence-electron chi connectivity index (χ1n) is 7.80. The molecule has 2 fully saturated rings. The normalized spacial score (nSPS) is 20.1. The molecular formula is C17H22ClFN2O2. The number of nitrogens with zero attached hydrogens (tertiary/aromatic N) is 2. The zero-order chi connectivity index (χ0) is 16.8. The number of ether oxygens (including phenoxy) is 1. The van der Waals surface area contributed by atoms with E-state index in [0.717, 1.165) is 31.7 Å². The van der Waals surface area contributed by atoms with E-state index in [2.05, 4.69) is 4.90 Å². The molecule has 1 aromatic carbocycles. The molecule has 2 heterocycles. The minimum atomic E-state index is -0.454. The number of carbonyl (C=O) groups is 1. The van der Waals surface area contributed by atoms with Crippen LogP contribution in [0.2, 0.25) is 5.02 Å². The van der Waals surface area contributed by atoms with Gasteiger partial charge in [0.2, 0.25) is 0 Å². The highest BCUT2D eigenvalue weighted by atomic mass is 35.5. The van der Waals surface area contributed by atoms with Crippen molar-refractivity contribution in [3.05, 3.63) is 34.6 Å². The molecule has 0 unspecified atom stereocenters. The van der Waals surface area contributed by atoms with Crippen molar-refractivity contribution in [3.8, 4) is 0 Å². The van der Waals surface area contributed by atoms with Crippen molar-refractivity contribution in [2.45, 2.75) is 32.9 Å². The number of rotatable bonds is 2. The Kier molecular flexibility index (Phi) is 4.05. The summed E-state index contributed by atoms with van der Waals surface area (Å²) in [4.78, 5) is 16.0. The third kappa shape index (κ3) is 3.61. The van der Waals surface area contributed by atoms with Crippen LogP contribution < -0.4 is 0 Å². The summed E-state index contributed by atoms with van der Waals surface area (Å²) in [5.41, 5.74) is 0.681. The van der Waals surface area contributed by atoms with Crippen LogP contribution in [0.25, 0.3) is 0 Å². The second-order valence-electron chi connectivity index (χ2n) is 7.72. The molecule has 0 bridgehead atoms. The number of hydrogen-bond acceptors (Lipinski definition) is 3. The van der Waals surface area contributed by atoms with Gasteiger partial charge in [0, 0.05) is 43.2 Å². The monoisotopic (exact) mass is 340 g/mol. The molecule has 0 saturated carbocycles. The molecule has 0 aliphatic carbocycles. The van der Waals surface area contributed by atoms with E-state index in [9.17, 15) is 9.18 Å². The molecule has 1 spiro atoms. The Morgan fingerprint density at radius 2 is 1.96 bits per heavy atom. The molecule has 0 N–H and O–H groups in total. The number of benzene rings is 1. The summed E-state index contributed by atoms with van der Waals surface area (Å²) in [6.45, 7) is 9.69. The minimum absolute atomic E-state index is 0.198. The van der Waals surface area contributed by atoms with E-state index in [0.29, 0.717) is 11.6 Å². The summed E-state index contributed by atoms with van der Waals surface area (Å²) in [7, 11) is 0. The van der Waals surface area contributed by atoms with Gasteiger partial charge in [0.15, 0.2) is 0 Å². The molecule has 6 heteroatoms. The Labute approximate surface area is 141 Å². The van der Waals surface area contributed by atoms with Gasteiger partial charge in [-0.15, -0.1) is 0 Å². The van der Waals surface area contributed by atoms with Crippen LogP contribution in [0.1, 0.15) is 26.3 Å². The third-order valence-corrected chi connectivity index (χ3v) is 4.58. The van der Waals surface area contributed by atoms with E-state index in [1.165, 1.54) is 12.1 Å². The molecule has 23 heavy (non-hydrogen) atoms. The summed E-state index contributed by atoms with van der Waals surface area (Å²) in [5.74, 6) is -0.314. The van der Waals surface area contributed by atoms with E-state index < -0.39 is 5.60 Å². The summed E-state index contributed by atoms with van der Waals surface area (Å²) in [6, 6.07) is 4.51. The maximum Gasteiger partial charge on any atom is 0.410 e. The van der Waals surface area contributed by atoms with E-state index in [1.807, 2.05) is 20.8 Å². The third-order valence-electron chi connectivity index (χ3n) is 4.23. The Hall–Kier alpha value is -1.33. The Morgan fingerprint density at radius 3 is 2.52 bits per heavy atom. The van der Waals surface area contributed by atoms with Crippen molar-refractivity contribution in [3.63, 3.8) is 0 Å². The van der Waals surface area contributed by atoms with Gasteiger partial charge in [-0.3, -0.25) is 4.90 Å². The van der Waals surface area contributed by atoms with Gasteiger partial charge < -0.3 is 9.64 Å². The van der Waals surface area contributed by atoms with Crippen LogP contribution in [-0.4, -0.2) is 47.7 Å². The standard InChI is InChI=1S/C17H22ClFN2O2/c1-16(2,3)23-15(22)21-10-17(11-21)8-20(9-17)7-12-4-5-13(19)6-14(12)18/h4-6H,7-11H2,1-3H3. The maximum absolute atomic E-state index is 13.1. The topological polar surface area (TPSA) is 32.8 Å². The zero-order valence-electron chi connectivity index (χ0n) is 13.7. The van der Waals surface area contributed by atoms with Crippen molar-refractivity contribution < 1.29 is 13.9 Å². The van der Waals surface area contributed by atoms with Crippen LogP contribution in [0.3, 0.4) is 0 Å². The van der Waals surface area contributed by atoms with Gasteiger partial charge in [-0.1, -0.05) is 17.7 Å². The molecule has 0 aromatic heterocycles. The van der Waals surface area contributed by atoms with Gasteiger partial charge in [0.05, 0.1) is 0 Å². The first kappa shape index (κ1) is 16.5. The fourth-order valence-corrected chi connectivity index (χ4v) is 3.55. The smallest absolute Gasteiger partial charge is 0.410 e. The van der Waals surface area contributed by atoms with Crippen LogP contribution in [0.5, 0.6) is 0 Å². The predicted molar refractivity (Wildman–Crippen MR) is 86.9 cm³/mol. The SMILES string of the molecule is CC(C)(C)OC(=O)N1CC2(CN(Cc3ccc(F)cc3Cl)C2)C1. The molecule has 1 aromatic rings. The lowest BCUT2D eigenvalue weighted by molar-refractivity contribution is -0.115. The molecular weight excluding hydrogens is 319 g/mol. The van der Waals surface area contributed by atoms with Crippen LogP contribution in [0.15, 0.2) is 18.2 Å². The van der Waals surface area contributed by atoms with Crippen LogP contribution >= 0.6 is 11.6 Å². The van der Waals surface area contributed by atoms with E-state index in [-0.39, 0.29) is 17.3 Å². The quantitative estimate of drug-likeness (QED) is 0.825. The summed E-state index contributed by atoms with van der Waals surface area (Å²) < 4.78 is 18.4. The summed E-state index contributed by atoms with van der Waals surface area (Å²) in [6.07, 6.45) is -0.233. The van der Waals surface area contributed by atoms with Crippen molar-refractivity contribution in [1.82, 2.24) is 9.80 Å². The minimum Gasteiger partial charge on any atom is -0.444 e. The predicted octanol–water partition coefficient (Wildman–Crippen LogP) is 3.53. The number of halogens is 2. The van der Waals surface area contributed by atoms with Gasteiger partial charge in [0.25, 0.3) is 0 Å². The molecule has 2 saturated heterocycles. The molecule has 1 amide bonds. The molecule has 2 aliphatic heterocycles. The van der Waals surface area contributed by atoms with Crippen LogP contribution in [0, 0.1) is 11.2 Å². The average Bonchev–Trinajstić information content (AvgIpc) is 2.30. The van der Waals surface area contributed by atoms with Crippen molar-refractivity contribution >= 4 is 17.7 Å². The van der Waals surface area contributed by atoms with Gasteiger partial charge in [-0.2, -0.15) is 0 Å². The van der Waals surface area contributed by atoms with Gasteiger partial charge in [-0.05, 0) is 38.5 Å². The Bertz CT molecular complexity index is 616. The lowest BCUT2D eigenvalue weighted by atomic mass is 9.73. The van der Waals surface area contributed by atoms with Crippen molar-refractivity contribution in [2.75, 3.05) is 26.2 Å². The molecule has 126 valence electrons. The summed E-state index contributed by atoms with van der Waals surface area (Å²) in [5, 5.41) is 0.468. The highest BCUT2D eigenvalue weighted by Gasteiger charge is 2.53. The fraction of sp³-hybridized carbons (Fsp3) is 0.588. The number of amides is 1. The number of likely N-dealkylation sites (tertiary alicyclic amines) is 2. The molecule has 2 aliphatic rings. The van der Waals surface area contributed by atoms with Gasteiger partial charge in [-0.25, -0.2) is 9.18 Å². The first-order chi connectivity index (χ1) is 10.7. The number of carbonyl (C=O) groups excluding carboxylic acids is 1. The molecule has 0 atom stereocenters. The van der Waals surface area contributed by atoms with E-state index >= 15 is 0 Å². The fourth-order valence-electron chi connectivity index (χ4n) is 3.32. The van der Waals surface area contributed by atoms with Crippen LogP contribution in [0.4, 0.5) is 9.18 Å². The van der Waals surface area contributed by atoms with Crippen molar-refractivity contribution in [1.29, 1.82) is 0 Å². The van der Waals surface area contributed by atoms with E-state index in [1.54, 1.807) is 11.0 Å². The maximum atomic E-state index is 13.1. The lowest BCUT2D eigenvalue weighted by Crippen LogP contribution is -2.72. The highest BCUT2D eigenvalue weighted by molar-refractivity contribution is 6.31. The Morgan fingerprint density at radius 1 is 1.30 bits per heavy atom. The van der Waals surface area contributed by atoms with Crippen molar-refractivity contribution in [2.24, 2.45) is 5.41 Å². The lowest BCUT2D eigenvalue weighted by Gasteiger charge is -2.60. The van der Waals surface area contributed by atoms with Gasteiger partial charge >= 0.3 is 6.09 Å². The number of hydrogen-bond donors (Lipinski definition) is 0. The van der Waals surface area contributed by atoms with Gasteiger partial charge in [0.1, 0.15) is 11.4 Å². The Balaban J connectivity index is 1.46. The van der Waals surface area contributed by atoms with Crippen LogP contribution in [-0.2, 0) is 11.3 Å². The second-order valence-corrected chi connectivity index (χ2v) is 8.12. The first-order valence-corrected chi connectivity index (χ1v) is 8.18. The zero-order valence-corrected chi connectivity index (χ0v) is 14.5.